The second-order valence-electron chi connectivity index (χ2n) is 3.89. The molecular formula is C10H11N2O5S-. The zero-order valence-electron chi connectivity index (χ0n) is 9.40. The van der Waals surface area contributed by atoms with Crippen LogP contribution in [-0.2, 0) is 11.4 Å². The molecule has 0 bridgehead atoms. The maximum absolute atomic E-state index is 10.7. The largest absolute Gasteiger partial charge is 0.740 e. The molecule has 1 aromatic rings. The van der Waals surface area contributed by atoms with Gasteiger partial charge in [0.2, 0.25) is 0 Å². The Balaban J connectivity index is 2.37. The average molecular weight is 271 g/mol. The van der Waals surface area contributed by atoms with Crippen LogP contribution in [0.25, 0.3) is 0 Å². The molecule has 0 radical (unpaired) electrons. The monoisotopic (exact) mass is 271 g/mol. The number of hydrogen-bond donors (Lipinski definition) is 0. The summed E-state index contributed by atoms with van der Waals surface area (Å²) < 4.78 is 25.8. The molecule has 2 rings (SSSR count). The van der Waals surface area contributed by atoms with Crippen molar-refractivity contribution in [2.75, 3.05) is 18.0 Å². The SMILES string of the molecule is O=[N+]([O-])c1ccc(N2CCCC2)c(OS(=O)[O-])c1. The molecule has 0 aliphatic carbocycles. The Kier molecular flexibility index (Phi) is 3.78. The van der Waals surface area contributed by atoms with Crippen molar-refractivity contribution in [1.29, 1.82) is 0 Å². The van der Waals surface area contributed by atoms with Crippen molar-refractivity contribution >= 4 is 22.7 Å². The van der Waals surface area contributed by atoms with Gasteiger partial charge < -0.3 is 13.6 Å². The normalized spacial score (nSPS) is 16.6. The molecule has 0 spiro atoms. The highest BCUT2D eigenvalue weighted by Gasteiger charge is 2.19. The molecule has 1 aliphatic heterocycles. The zero-order chi connectivity index (χ0) is 13.1. The third kappa shape index (κ3) is 2.77. The summed E-state index contributed by atoms with van der Waals surface area (Å²) >= 11 is -2.75. The molecule has 7 nitrogen and oxygen atoms in total. The van der Waals surface area contributed by atoms with Gasteiger partial charge in [-0.2, -0.15) is 0 Å². The van der Waals surface area contributed by atoms with Gasteiger partial charge in [-0.05, 0) is 18.9 Å². The lowest BCUT2D eigenvalue weighted by Crippen LogP contribution is -2.19. The molecule has 1 fully saturated rings. The quantitative estimate of drug-likeness (QED) is 0.466. The lowest BCUT2D eigenvalue weighted by Gasteiger charge is -2.21. The van der Waals surface area contributed by atoms with E-state index in [1.807, 2.05) is 4.90 Å². The van der Waals surface area contributed by atoms with E-state index in [0.29, 0.717) is 5.69 Å². The highest BCUT2D eigenvalue weighted by atomic mass is 32.2. The molecule has 8 heteroatoms. The van der Waals surface area contributed by atoms with Gasteiger partial charge in [-0.15, -0.1) is 0 Å². The first-order chi connectivity index (χ1) is 8.58. The molecule has 1 aromatic carbocycles. The van der Waals surface area contributed by atoms with Crippen molar-refractivity contribution in [3.63, 3.8) is 0 Å². The summed E-state index contributed by atoms with van der Waals surface area (Å²) in [6.07, 6.45) is 2.02. The van der Waals surface area contributed by atoms with Gasteiger partial charge in [-0.3, -0.25) is 10.1 Å². The van der Waals surface area contributed by atoms with E-state index in [9.17, 15) is 18.9 Å². The molecule has 0 N–H and O–H groups in total. The minimum absolute atomic E-state index is 0.000525. The summed E-state index contributed by atoms with van der Waals surface area (Å²) in [4.78, 5) is 12.0. The molecule has 1 aliphatic rings. The summed E-state index contributed by atoms with van der Waals surface area (Å²) in [6.45, 7) is 1.58. The van der Waals surface area contributed by atoms with Crippen molar-refractivity contribution in [2.24, 2.45) is 0 Å². The molecule has 1 heterocycles. The Morgan fingerprint density at radius 1 is 1.33 bits per heavy atom. The number of benzene rings is 1. The number of anilines is 1. The van der Waals surface area contributed by atoms with E-state index >= 15 is 0 Å². The molecule has 0 aromatic heterocycles. The minimum Gasteiger partial charge on any atom is -0.740 e. The summed E-state index contributed by atoms with van der Waals surface area (Å²) in [5, 5.41) is 10.7. The Labute approximate surface area is 106 Å². The van der Waals surface area contributed by atoms with Crippen molar-refractivity contribution < 1.29 is 17.9 Å². The standard InChI is InChI=1S/C10H12N2O5S/c13-12(14)8-3-4-9(11-5-1-2-6-11)10(7-8)17-18(15)16/h3-4,7H,1-2,5-6H2,(H,15,16)/p-1. The molecule has 18 heavy (non-hydrogen) atoms. The number of hydrogen-bond acceptors (Lipinski definition) is 6. The molecule has 1 unspecified atom stereocenters. The number of rotatable bonds is 4. The van der Waals surface area contributed by atoms with Gasteiger partial charge in [-0.1, -0.05) is 0 Å². The van der Waals surface area contributed by atoms with Crippen LogP contribution in [0.4, 0.5) is 11.4 Å². The first kappa shape index (κ1) is 12.8. The van der Waals surface area contributed by atoms with E-state index in [2.05, 4.69) is 4.18 Å². The summed E-state index contributed by atoms with van der Waals surface area (Å²) in [7, 11) is 0. The van der Waals surface area contributed by atoms with Crippen molar-refractivity contribution in [2.45, 2.75) is 12.8 Å². The van der Waals surface area contributed by atoms with Crippen molar-refractivity contribution in [3.8, 4) is 5.75 Å². The van der Waals surface area contributed by atoms with E-state index < -0.39 is 16.3 Å². The Morgan fingerprint density at radius 3 is 2.56 bits per heavy atom. The number of nitro groups is 1. The lowest BCUT2D eigenvalue weighted by molar-refractivity contribution is -0.384. The van der Waals surface area contributed by atoms with Crippen LogP contribution in [0.5, 0.6) is 5.75 Å². The summed E-state index contributed by atoms with van der Waals surface area (Å²) in [5.74, 6) is -0.000525. The van der Waals surface area contributed by atoms with Gasteiger partial charge in [0.05, 0.1) is 16.7 Å². The second kappa shape index (κ2) is 5.32. The lowest BCUT2D eigenvalue weighted by atomic mass is 10.2. The van der Waals surface area contributed by atoms with E-state index in [4.69, 9.17) is 0 Å². The topological polar surface area (TPSA) is 95.7 Å². The minimum atomic E-state index is -2.75. The van der Waals surface area contributed by atoms with Crippen molar-refractivity contribution in [1.82, 2.24) is 0 Å². The van der Waals surface area contributed by atoms with Gasteiger partial charge in [0, 0.05) is 19.2 Å². The molecule has 0 amide bonds. The van der Waals surface area contributed by atoms with Crippen LogP contribution in [-0.4, -0.2) is 26.8 Å². The molecule has 98 valence electrons. The number of nitrogens with zero attached hydrogens (tertiary/aromatic N) is 2. The second-order valence-corrected chi connectivity index (χ2v) is 4.47. The van der Waals surface area contributed by atoms with Crippen LogP contribution in [0.3, 0.4) is 0 Å². The zero-order valence-corrected chi connectivity index (χ0v) is 10.2. The molecule has 1 saturated heterocycles. The highest BCUT2D eigenvalue weighted by Crippen LogP contribution is 2.34. The van der Waals surface area contributed by atoms with E-state index in [-0.39, 0.29) is 11.4 Å². The van der Waals surface area contributed by atoms with E-state index in [1.54, 1.807) is 0 Å². The fourth-order valence-corrected chi connectivity index (χ4v) is 2.26. The Bertz CT molecular complexity index is 487. The number of non-ortho nitro benzene ring substituents is 1. The summed E-state index contributed by atoms with van der Waals surface area (Å²) in [5.41, 5.74) is 0.376. The molecular weight excluding hydrogens is 260 g/mol. The number of nitro benzene ring substituents is 1. The predicted octanol–water partition coefficient (Wildman–Crippen LogP) is 1.37. The van der Waals surface area contributed by atoms with Crippen LogP contribution in [0, 0.1) is 10.1 Å². The maximum atomic E-state index is 10.7. The van der Waals surface area contributed by atoms with Gasteiger partial charge in [-0.25, -0.2) is 4.21 Å². The van der Waals surface area contributed by atoms with Crippen LogP contribution in [0.2, 0.25) is 0 Å². The molecule has 1 atom stereocenters. The van der Waals surface area contributed by atoms with Crippen LogP contribution < -0.4 is 9.08 Å². The maximum Gasteiger partial charge on any atom is 0.273 e. The van der Waals surface area contributed by atoms with Gasteiger partial charge in [0.25, 0.3) is 5.69 Å². The smallest absolute Gasteiger partial charge is 0.273 e. The fraction of sp³-hybridized carbons (Fsp3) is 0.400. The molecule has 0 saturated carbocycles. The van der Waals surface area contributed by atoms with Gasteiger partial charge in [0.15, 0.2) is 5.75 Å². The Hall–Kier alpha value is -1.67. The predicted molar refractivity (Wildman–Crippen MR) is 64.1 cm³/mol. The third-order valence-corrected chi connectivity index (χ3v) is 3.07. The van der Waals surface area contributed by atoms with Crippen LogP contribution in [0.1, 0.15) is 12.8 Å². The van der Waals surface area contributed by atoms with Crippen LogP contribution >= 0.6 is 0 Å². The first-order valence-corrected chi connectivity index (χ1v) is 6.39. The highest BCUT2D eigenvalue weighted by molar-refractivity contribution is 7.74. The average Bonchev–Trinajstić information content (AvgIpc) is 2.81. The van der Waals surface area contributed by atoms with Gasteiger partial charge >= 0.3 is 0 Å². The Morgan fingerprint density at radius 2 is 2.00 bits per heavy atom. The summed E-state index contributed by atoms with van der Waals surface area (Å²) in [6, 6.07) is 3.99. The van der Waals surface area contributed by atoms with E-state index in [0.717, 1.165) is 32.0 Å². The first-order valence-electron chi connectivity index (χ1n) is 5.39. The fourth-order valence-electron chi connectivity index (χ4n) is 1.98. The van der Waals surface area contributed by atoms with Crippen LogP contribution in [0.15, 0.2) is 18.2 Å². The van der Waals surface area contributed by atoms with Gasteiger partial charge in [0.1, 0.15) is 11.4 Å². The van der Waals surface area contributed by atoms with Crippen molar-refractivity contribution in [3.05, 3.63) is 28.3 Å². The van der Waals surface area contributed by atoms with E-state index in [1.165, 1.54) is 12.1 Å². The third-order valence-electron chi connectivity index (χ3n) is 2.76.